The fourth-order valence-corrected chi connectivity index (χ4v) is 5.21. The minimum absolute atomic E-state index is 0.705. The number of hydrogen-bond donors (Lipinski definition) is 2. The molecule has 6 aromatic rings. The van der Waals surface area contributed by atoms with Crippen molar-refractivity contribution in [1.29, 1.82) is 0 Å². The van der Waals surface area contributed by atoms with Crippen molar-refractivity contribution in [3.63, 3.8) is 0 Å². The molecule has 44 heavy (non-hydrogen) atoms. The Bertz CT molecular complexity index is 1680. The Balaban J connectivity index is 1.14. The zero-order valence-electron chi connectivity index (χ0n) is 25.9. The van der Waals surface area contributed by atoms with Crippen LogP contribution in [0.5, 0.6) is 11.5 Å². The van der Waals surface area contributed by atoms with Crippen LogP contribution in [-0.2, 0) is 0 Å². The molecule has 0 saturated carbocycles. The lowest BCUT2D eigenvalue weighted by Crippen LogP contribution is -2.15. The van der Waals surface area contributed by atoms with Crippen molar-refractivity contribution in [1.82, 2.24) is 29.7 Å². The summed E-state index contributed by atoms with van der Waals surface area (Å²) in [4.78, 5) is 21.0. The first-order chi connectivity index (χ1) is 21.4. The highest BCUT2D eigenvalue weighted by molar-refractivity contribution is 5.88. The van der Waals surface area contributed by atoms with Gasteiger partial charge in [-0.15, -0.1) is 0 Å². The molecule has 2 aromatic heterocycles. The van der Waals surface area contributed by atoms with E-state index >= 15 is 0 Å². The maximum atomic E-state index is 5.88. The van der Waals surface area contributed by atoms with Gasteiger partial charge in [-0.2, -0.15) is 0 Å². The van der Waals surface area contributed by atoms with Gasteiger partial charge in [-0.25, -0.2) is 9.97 Å². The first kappa shape index (κ1) is 29.4. The third-order valence-electron chi connectivity index (χ3n) is 7.59. The van der Waals surface area contributed by atoms with E-state index in [0.717, 1.165) is 93.4 Å². The van der Waals surface area contributed by atoms with Gasteiger partial charge in [0.25, 0.3) is 0 Å². The Hall–Kier alpha value is -4.66. The van der Waals surface area contributed by atoms with Crippen LogP contribution in [0.25, 0.3) is 56.0 Å². The van der Waals surface area contributed by atoms with Gasteiger partial charge in [0, 0.05) is 24.2 Å². The van der Waals surface area contributed by atoms with Gasteiger partial charge in [0.2, 0.25) is 0 Å². The van der Waals surface area contributed by atoms with E-state index in [1.54, 1.807) is 0 Å². The van der Waals surface area contributed by atoms with Crippen LogP contribution in [-0.4, -0.2) is 84.2 Å². The standard InChI is InChI=1S/C36H40N6O2/c1-41(2)19-5-21-43-29-13-7-25(8-14-29)35-37-31-17-11-27(23-33(31)39-35)28-12-18-32-34(24-28)40-36(38-32)26-9-15-30(16-10-26)44-22-6-20-42(3)4/h7-18,23-24H,5-6,19-22H2,1-4H3,(H,37,39)(H,38,40). The Morgan fingerprint density at radius 1 is 0.523 bits per heavy atom. The zero-order chi connectivity index (χ0) is 30.5. The van der Waals surface area contributed by atoms with Crippen molar-refractivity contribution in [3.8, 4) is 45.4 Å². The Morgan fingerprint density at radius 3 is 1.30 bits per heavy atom. The first-order valence-corrected chi connectivity index (χ1v) is 15.2. The van der Waals surface area contributed by atoms with Crippen molar-refractivity contribution in [2.75, 3.05) is 54.5 Å². The van der Waals surface area contributed by atoms with Crippen molar-refractivity contribution in [2.45, 2.75) is 12.8 Å². The molecule has 0 amide bonds. The number of ether oxygens (including phenoxy) is 2. The van der Waals surface area contributed by atoms with E-state index in [2.05, 4.69) is 109 Å². The lowest BCUT2D eigenvalue weighted by molar-refractivity contribution is 0.281. The second-order valence-electron chi connectivity index (χ2n) is 11.7. The fraction of sp³-hybridized carbons (Fsp3) is 0.278. The minimum atomic E-state index is 0.705. The number of benzene rings is 4. The van der Waals surface area contributed by atoms with Gasteiger partial charge in [0.05, 0.1) is 35.3 Å². The summed E-state index contributed by atoms with van der Waals surface area (Å²) in [5.41, 5.74) is 8.14. The summed E-state index contributed by atoms with van der Waals surface area (Å²) in [6.07, 6.45) is 1.99. The topological polar surface area (TPSA) is 82.3 Å². The molecule has 0 spiro atoms. The van der Waals surface area contributed by atoms with Crippen LogP contribution >= 0.6 is 0 Å². The Morgan fingerprint density at radius 2 is 0.909 bits per heavy atom. The van der Waals surface area contributed by atoms with Crippen molar-refractivity contribution in [3.05, 3.63) is 84.9 Å². The predicted molar refractivity (Wildman–Crippen MR) is 179 cm³/mol. The van der Waals surface area contributed by atoms with Crippen LogP contribution in [0.2, 0.25) is 0 Å². The van der Waals surface area contributed by atoms with E-state index < -0.39 is 0 Å². The molecule has 2 N–H and O–H groups in total. The van der Waals surface area contributed by atoms with Crippen molar-refractivity contribution >= 4 is 22.1 Å². The third kappa shape index (κ3) is 7.10. The smallest absolute Gasteiger partial charge is 0.138 e. The Kier molecular flexibility index (Phi) is 8.91. The number of aromatic amines is 2. The zero-order valence-corrected chi connectivity index (χ0v) is 25.9. The van der Waals surface area contributed by atoms with E-state index in [1.165, 1.54) is 0 Å². The number of imidazole rings is 2. The molecule has 4 aromatic carbocycles. The largest absolute Gasteiger partial charge is 0.494 e. The number of nitrogens with zero attached hydrogens (tertiary/aromatic N) is 4. The molecule has 8 nitrogen and oxygen atoms in total. The maximum Gasteiger partial charge on any atom is 0.138 e. The minimum Gasteiger partial charge on any atom is -0.494 e. The van der Waals surface area contributed by atoms with Crippen molar-refractivity contribution in [2.24, 2.45) is 0 Å². The first-order valence-electron chi connectivity index (χ1n) is 15.2. The van der Waals surface area contributed by atoms with Gasteiger partial charge in [-0.05, 0) is 125 Å². The normalized spacial score (nSPS) is 11.7. The van der Waals surface area contributed by atoms with Crippen LogP contribution in [0.15, 0.2) is 84.9 Å². The molecule has 0 atom stereocenters. The molecule has 8 heteroatoms. The second-order valence-corrected chi connectivity index (χ2v) is 11.7. The van der Waals surface area contributed by atoms with Crippen LogP contribution in [0.1, 0.15) is 12.8 Å². The molecule has 0 unspecified atom stereocenters. The number of aromatic nitrogens is 4. The van der Waals surface area contributed by atoms with Gasteiger partial charge in [0.15, 0.2) is 0 Å². The highest BCUT2D eigenvalue weighted by Gasteiger charge is 2.11. The van der Waals surface area contributed by atoms with Gasteiger partial charge in [0.1, 0.15) is 23.1 Å². The molecule has 0 aliphatic heterocycles. The van der Waals surface area contributed by atoms with E-state index in [4.69, 9.17) is 19.4 Å². The van der Waals surface area contributed by atoms with Crippen LogP contribution in [0.4, 0.5) is 0 Å². The average molecular weight is 589 g/mol. The molecule has 0 aliphatic rings. The third-order valence-corrected chi connectivity index (χ3v) is 7.59. The lowest BCUT2D eigenvalue weighted by atomic mass is 10.0. The summed E-state index contributed by atoms with van der Waals surface area (Å²) in [7, 11) is 8.30. The molecule has 0 saturated heterocycles. The van der Waals surface area contributed by atoms with E-state index in [1.807, 2.05) is 24.3 Å². The quantitative estimate of drug-likeness (QED) is 0.140. The van der Waals surface area contributed by atoms with Crippen LogP contribution in [0, 0.1) is 0 Å². The van der Waals surface area contributed by atoms with Gasteiger partial charge >= 0.3 is 0 Å². The number of nitrogens with one attached hydrogen (secondary N) is 2. The van der Waals surface area contributed by atoms with E-state index in [0.29, 0.717) is 13.2 Å². The number of rotatable bonds is 13. The van der Waals surface area contributed by atoms with Gasteiger partial charge in [-0.1, -0.05) is 12.1 Å². The van der Waals surface area contributed by atoms with E-state index in [-0.39, 0.29) is 0 Å². The molecule has 226 valence electrons. The molecule has 0 fully saturated rings. The Labute approximate surface area is 258 Å². The predicted octanol–water partition coefficient (Wildman–Crippen LogP) is 7.10. The molecule has 6 rings (SSSR count). The highest BCUT2D eigenvalue weighted by Crippen LogP contribution is 2.30. The number of hydrogen-bond acceptors (Lipinski definition) is 6. The van der Waals surface area contributed by atoms with Gasteiger partial charge in [-0.3, -0.25) is 0 Å². The number of H-pyrrole nitrogens is 2. The highest BCUT2D eigenvalue weighted by atomic mass is 16.5. The average Bonchev–Trinajstić information content (AvgIpc) is 3.66. The molecular formula is C36H40N6O2. The molecule has 0 aliphatic carbocycles. The lowest BCUT2D eigenvalue weighted by Gasteiger charge is -2.10. The van der Waals surface area contributed by atoms with E-state index in [9.17, 15) is 0 Å². The number of fused-ring (bicyclic) bond motifs is 2. The summed E-state index contributed by atoms with van der Waals surface area (Å²) >= 11 is 0. The van der Waals surface area contributed by atoms with Crippen LogP contribution < -0.4 is 9.47 Å². The van der Waals surface area contributed by atoms with Gasteiger partial charge < -0.3 is 29.2 Å². The molecule has 0 bridgehead atoms. The molecule has 2 heterocycles. The summed E-state index contributed by atoms with van der Waals surface area (Å²) in [6, 6.07) is 28.9. The summed E-state index contributed by atoms with van der Waals surface area (Å²) < 4.78 is 11.8. The summed E-state index contributed by atoms with van der Waals surface area (Å²) in [5, 5.41) is 0. The summed E-state index contributed by atoms with van der Waals surface area (Å²) in [6.45, 7) is 3.44. The fourth-order valence-electron chi connectivity index (χ4n) is 5.21. The SMILES string of the molecule is CN(C)CCCOc1ccc(-c2nc3ccc(-c4ccc5nc(-c6ccc(OCCCN(C)C)cc6)[nH]c5c4)cc3[nH]2)cc1. The van der Waals surface area contributed by atoms with Crippen LogP contribution in [0.3, 0.4) is 0 Å². The molecule has 0 radical (unpaired) electrons. The molecular weight excluding hydrogens is 548 g/mol. The summed E-state index contributed by atoms with van der Waals surface area (Å²) in [5.74, 6) is 3.44. The van der Waals surface area contributed by atoms with Crippen molar-refractivity contribution < 1.29 is 9.47 Å². The maximum absolute atomic E-state index is 5.88. The second kappa shape index (κ2) is 13.3. The monoisotopic (exact) mass is 588 g/mol.